The summed E-state index contributed by atoms with van der Waals surface area (Å²) in [6.07, 6.45) is 1.44. The fourth-order valence-electron chi connectivity index (χ4n) is 1.58. The molecule has 0 spiro atoms. The maximum Gasteiger partial charge on any atom is 0.405 e. The van der Waals surface area contributed by atoms with Crippen LogP contribution in [0, 0.1) is 0 Å². The van der Waals surface area contributed by atoms with E-state index < -0.39 is 22.2 Å². The Kier molecular flexibility index (Phi) is 4.55. The van der Waals surface area contributed by atoms with Crippen LogP contribution >= 0.6 is 0 Å². The third kappa shape index (κ3) is 4.63. The molecule has 0 aliphatic carbocycles. The summed E-state index contributed by atoms with van der Waals surface area (Å²) >= 11 is 0. The van der Waals surface area contributed by atoms with E-state index in [-0.39, 0.29) is 0 Å². The molecule has 0 saturated heterocycles. The molecular weight excluding hydrogens is 268 g/mol. The largest absolute Gasteiger partial charge is 0.465 e. The lowest BCUT2D eigenvalue weighted by Gasteiger charge is -2.15. The van der Waals surface area contributed by atoms with Crippen LogP contribution in [0.15, 0.2) is 24.8 Å². The molecule has 0 heterocycles. The van der Waals surface area contributed by atoms with Crippen LogP contribution in [0.2, 0.25) is 0 Å². The molecule has 0 bridgehead atoms. The highest BCUT2D eigenvalue weighted by molar-refractivity contribution is 7.92. The maximum atomic E-state index is 11.2. The lowest BCUT2D eigenvalue weighted by molar-refractivity contribution is 0.191. The number of benzene rings is 1. The molecule has 1 atom stereocenters. The summed E-state index contributed by atoms with van der Waals surface area (Å²) < 4.78 is 24.8. The van der Waals surface area contributed by atoms with Crippen molar-refractivity contribution < 1.29 is 18.3 Å². The second kappa shape index (κ2) is 5.75. The Morgan fingerprint density at radius 1 is 1.47 bits per heavy atom. The molecule has 6 nitrogen and oxygen atoms in total. The van der Waals surface area contributed by atoms with Gasteiger partial charge in [-0.15, -0.1) is 0 Å². The molecule has 0 saturated carbocycles. The predicted octanol–water partition coefficient (Wildman–Crippen LogP) is 2.03. The number of anilines is 1. The van der Waals surface area contributed by atoms with E-state index in [2.05, 4.69) is 16.6 Å². The number of hydrogen-bond acceptors (Lipinski definition) is 3. The Morgan fingerprint density at radius 3 is 2.58 bits per heavy atom. The van der Waals surface area contributed by atoms with Crippen LogP contribution in [-0.2, 0) is 10.0 Å². The zero-order valence-electron chi connectivity index (χ0n) is 10.7. The Balaban J connectivity index is 3.08. The van der Waals surface area contributed by atoms with Gasteiger partial charge in [-0.1, -0.05) is 18.7 Å². The summed E-state index contributed by atoms with van der Waals surface area (Å²) in [5.74, 6) is 0. The Bertz CT molecular complexity index is 596. The predicted molar refractivity (Wildman–Crippen MR) is 74.6 cm³/mol. The van der Waals surface area contributed by atoms with Gasteiger partial charge in [0.05, 0.1) is 18.0 Å². The maximum absolute atomic E-state index is 11.2. The molecule has 19 heavy (non-hydrogen) atoms. The summed E-state index contributed by atoms with van der Waals surface area (Å²) in [4.78, 5) is 10.6. The first-order valence-corrected chi connectivity index (χ1v) is 7.35. The van der Waals surface area contributed by atoms with Crippen molar-refractivity contribution >= 4 is 27.9 Å². The lowest BCUT2D eigenvalue weighted by Crippen LogP contribution is -2.24. The molecule has 1 rings (SSSR count). The van der Waals surface area contributed by atoms with E-state index in [1.165, 1.54) is 6.08 Å². The van der Waals surface area contributed by atoms with E-state index in [1.54, 1.807) is 25.1 Å². The average Bonchev–Trinajstić information content (AvgIpc) is 2.26. The van der Waals surface area contributed by atoms with Gasteiger partial charge in [-0.2, -0.15) is 0 Å². The molecule has 3 N–H and O–H groups in total. The van der Waals surface area contributed by atoms with Gasteiger partial charge in [-0.3, -0.25) is 4.72 Å². The monoisotopic (exact) mass is 284 g/mol. The summed E-state index contributed by atoms with van der Waals surface area (Å²) in [5, 5.41) is 11.0. The van der Waals surface area contributed by atoms with Gasteiger partial charge in [0.1, 0.15) is 0 Å². The second-order valence-electron chi connectivity index (χ2n) is 4.10. The molecule has 0 aliphatic heterocycles. The first kappa shape index (κ1) is 15.0. The van der Waals surface area contributed by atoms with Crippen LogP contribution in [0.1, 0.15) is 24.1 Å². The van der Waals surface area contributed by atoms with Crippen LogP contribution in [0.4, 0.5) is 10.5 Å². The molecule has 1 aromatic carbocycles. The smallest absolute Gasteiger partial charge is 0.405 e. The molecular formula is C12H16N2O4S. The molecule has 0 aromatic heterocycles. The summed E-state index contributed by atoms with van der Waals surface area (Å²) in [7, 11) is -3.37. The summed E-state index contributed by atoms with van der Waals surface area (Å²) in [6.45, 7) is 5.31. The van der Waals surface area contributed by atoms with Gasteiger partial charge in [0.2, 0.25) is 10.0 Å². The first-order chi connectivity index (χ1) is 8.73. The fourth-order valence-corrected chi connectivity index (χ4v) is 2.17. The van der Waals surface area contributed by atoms with Crippen LogP contribution in [0.3, 0.4) is 0 Å². The van der Waals surface area contributed by atoms with E-state index in [4.69, 9.17) is 5.11 Å². The number of amides is 1. The van der Waals surface area contributed by atoms with Crippen molar-refractivity contribution in [3.05, 3.63) is 35.9 Å². The SMILES string of the molecule is C=Cc1cc(C(C)NC(=O)O)ccc1NS(C)(=O)=O. The zero-order chi connectivity index (χ0) is 14.6. The minimum absolute atomic E-state index is 0.400. The number of carboxylic acid groups (broad SMARTS) is 1. The van der Waals surface area contributed by atoms with E-state index in [0.29, 0.717) is 11.3 Å². The fraction of sp³-hybridized carbons (Fsp3) is 0.250. The molecule has 104 valence electrons. The van der Waals surface area contributed by atoms with Crippen LogP contribution in [0.5, 0.6) is 0 Å². The summed E-state index contributed by atoms with van der Waals surface area (Å²) in [6, 6.07) is 4.51. The van der Waals surface area contributed by atoms with Crippen LogP contribution in [-0.4, -0.2) is 25.9 Å². The van der Waals surface area contributed by atoms with Gasteiger partial charge >= 0.3 is 6.09 Å². The van der Waals surface area contributed by atoms with Gasteiger partial charge in [0.25, 0.3) is 0 Å². The van der Waals surface area contributed by atoms with Gasteiger partial charge in [0, 0.05) is 0 Å². The van der Waals surface area contributed by atoms with E-state index in [9.17, 15) is 13.2 Å². The highest BCUT2D eigenvalue weighted by Gasteiger charge is 2.11. The quantitative estimate of drug-likeness (QED) is 0.771. The van der Waals surface area contributed by atoms with Crippen molar-refractivity contribution in [2.24, 2.45) is 0 Å². The van der Waals surface area contributed by atoms with Gasteiger partial charge in [-0.25, -0.2) is 13.2 Å². The van der Waals surface area contributed by atoms with Gasteiger partial charge in [0.15, 0.2) is 0 Å². The van der Waals surface area contributed by atoms with Crippen molar-refractivity contribution in [2.75, 3.05) is 11.0 Å². The van der Waals surface area contributed by atoms with Gasteiger partial charge < -0.3 is 10.4 Å². The lowest BCUT2D eigenvalue weighted by atomic mass is 10.0. The molecule has 0 aliphatic rings. The third-order valence-corrected chi connectivity index (χ3v) is 3.02. The van der Waals surface area contributed by atoms with Crippen LogP contribution < -0.4 is 10.0 Å². The molecule has 1 unspecified atom stereocenters. The van der Waals surface area contributed by atoms with Crippen LogP contribution in [0.25, 0.3) is 6.08 Å². The molecule has 0 radical (unpaired) electrons. The Morgan fingerprint density at radius 2 is 2.11 bits per heavy atom. The van der Waals surface area contributed by atoms with Crippen molar-refractivity contribution in [3.8, 4) is 0 Å². The third-order valence-electron chi connectivity index (χ3n) is 2.43. The number of carbonyl (C=O) groups is 1. The average molecular weight is 284 g/mol. The van der Waals surface area contributed by atoms with E-state index >= 15 is 0 Å². The number of hydrogen-bond donors (Lipinski definition) is 3. The molecule has 0 fully saturated rings. The Labute approximate surface area is 112 Å². The highest BCUT2D eigenvalue weighted by Crippen LogP contribution is 2.23. The normalized spacial score (nSPS) is 12.5. The number of sulfonamides is 1. The molecule has 1 aromatic rings. The number of nitrogens with one attached hydrogen (secondary N) is 2. The summed E-state index contributed by atoms with van der Waals surface area (Å²) in [5.41, 5.74) is 1.71. The minimum Gasteiger partial charge on any atom is -0.465 e. The standard InChI is InChI=1S/C12H16N2O4S/c1-4-9-7-10(8(2)13-12(15)16)5-6-11(9)14-19(3,17)18/h4-8,13-14H,1H2,2-3H3,(H,15,16). The topological polar surface area (TPSA) is 95.5 Å². The highest BCUT2D eigenvalue weighted by atomic mass is 32.2. The van der Waals surface area contributed by atoms with E-state index in [0.717, 1.165) is 11.8 Å². The minimum atomic E-state index is -3.37. The molecule has 1 amide bonds. The second-order valence-corrected chi connectivity index (χ2v) is 5.84. The zero-order valence-corrected chi connectivity index (χ0v) is 11.5. The number of rotatable bonds is 5. The van der Waals surface area contributed by atoms with E-state index in [1.807, 2.05) is 0 Å². The van der Waals surface area contributed by atoms with Gasteiger partial charge in [-0.05, 0) is 30.2 Å². The Hall–Kier alpha value is -2.02. The van der Waals surface area contributed by atoms with Crippen molar-refractivity contribution in [3.63, 3.8) is 0 Å². The van der Waals surface area contributed by atoms with Crippen molar-refractivity contribution in [1.29, 1.82) is 0 Å². The van der Waals surface area contributed by atoms with Crippen molar-refractivity contribution in [2.45, 2.75) is 13.0 Å². The first-order valence-electron chi connectivity index (χ1n) is 5.46. The van der Waals surface area contributed by atoms with Crippen molar-refractivity contribution in [1.82, 2.24) is 5.32 Å². The molecule has 7 heteroatoms.